The molecule has 1 aliphatic rings. The summed E-state index contributed by atoms with van der Waals surface area (Å²) < 4.78 is 1.41. The molecule has 1 aromatic heterocycles. The van der Waals surface area contributed by atoms with Gasteiger partial charge in [0, 0.05) is 28.8 Å². The first-order valence-electron chi connectivity index (χ1n) is 8.38. The third-order valence-corrected chi connectivity index (χ3v) is 5.01. The number of benzene rings is 2. The molecule has 7 heteroatoms. The van der Waals surface area contributed by atoms with Crippen molar-refractivity contribution in [1.82, 2.24) is 9.78 Å². The number of hydrogen-bond donors (Lipinski definition) is 1. The van der Waals surface area contributed by atoms with E-state index in [2.05, 4.69) is 16.5 Å². The summed E-state index contributed by atoms with van der Waals surface area (Å²) in [6.45, 7) is 0. The minimum Gasteiger partial charge on any atom is -0.325 e. The lowest BCUT2D eigenvalue weighted by Gasteiger charge is -2.05. The predicted molar refractivity (Wildman–Crippen MR) is 107 cm³/mol. The molecule has 0 unspecified atom stereocenters. The van der Waals surface area contributed by atoms with Crippen molar-refractivity contribution >= 4 is 40.7 Å². The van der Waals surface area contributed by atoms with Crippen molar-refractivity contribution in [3.63, 3.8) is 0 Å². The smallest absolute Gasteiger partial charge is 0.262 e. The van der Waals surface area contributed by atoms with Crippen molar-refractivity contribution in [2.45, 2.75) is 6.42 Å². The van der Waals surface area contributed by atoms with Crippen LogP contribution in [0.5, 0.6) is 0 Å². The summed E-state index contributed by atoms with van der Waals surface area (Å²) in [7, 11) is 0. The third-order valence-electron chi connectivity index (χ3n) is 4.54. The number of fused-ring (bicyclic) bond motifs is 3. The second-order valence-corrected chi connectivity index (χ2v) is 6.74. The number of alkyl halides is 2. The molecule has 5 nitrogen and oxygen atoms in total. The lowest BCUT2D eigenvalue weighted by Crippen LogP contribution is -2.15. The van der Waals surface area contributed by atoms with Gasteiger partial charge >= 0.3 is 0 Å². The van der Waals surface area contributed by atoms with Crippen molar-refractivity contribution in [1.29, 1.82) is 0 Å². The van der Waals surface area contributed by atoms with Gasteiger partial charge in [0.2, 0.25) is 5.91 Å². The van der Waals surface area contributed by atoms with Gasteiger partial charge in [-0.2, -0.15) is 9.78 Å². The minimum absolute atomic E-state index is 0.0987. The van der Waals surface area contributed by atoms with E-state index in [1.165, 1.54) is 4.68 Å². The quantitative estimate of drug-likeness (QED) is 0.523. The van der Waals surface area contributed by atoms with Crippen LogP contribution in [0.15, 0.2) is 48.5 Å². The van der Waals surface area contributed by atoms with Gasteiger partial charge in [0.25, 0.3) is 5.91 Å². The van der Waals surface area contributed by atoms with E-state index in [0.29, 0.717) is 12.1 Å². The molecule has 1 heterocycles. The number of amides is 1. The van der Waals surface area contributed by atoms with Crippen molar-refractivity contribution in [2.24, 2.45) is 0 Å². The predicted octanol–water partition coefficient (Wildman–Crippen LogP) is 4.18. The van der Waals surface area contributed by atoms with Crippen molar-refractivity contribution in [3.8, 4) is 22.5 Å². The lowest BCUT2D eigenvalue weighted by atomic mass is 10.1. The fourth-order valence-corrected chi connectivity index (χ4v) is 3.55. The second kappa shape index (κ2) is 7.18. The van der Waals surface area contributed by atoms with Crippen LogP contribution in [0.1, 0.15) is 15.9 Å². The Labute approximate surface area is 165 Å². The zero-order valence-corrected chi connectivity index (χ0v) is 15.7. The summed E-state index contributed by atoms with van der Waals surface area (Å²) in [4.78, 5) is 23.8. The van der Waals surface area contributed by atoms with E-state index in [1.54, 1.807) is 12.1 Å². The van der Waals surface area contributed by atoms with Crippen LogP contribution in [0, 0.1) is 0 Å². The van der Waals surface area contributed by atoms with Crippen LogP contribution in [0.4, 0.5) is 5.69 Å². The number of rotatable bonds is 4. The van der Waals surface area contributed by atoms with Crippen LogP contribution in [-0.2, 0) is 11.2 Å². The summed E-state index contributed by atoms with van der Waals surface area (Å²) >= 11 is 11.3. The molecule has 0 saturated heterocycles. The number of hydrogen-bond acceptors (Lipinski definition) is 3. The minimum atomic E-state index is -0.266. The Morgan fingerprint density at radius 3 is 2.48 bits per heavy atom. The molecule has 0 bridgehead atoms. The fourth-order valence-electron chi connectivity index (χ4n) is 3.37. The van der Waals surface area contributed by atoms with Gasteiger partial charge in [-0.15, -0.1) is 23.2 Å². The highest BCUT2D eigenvalue weighted by atomic mass is 35.5. The molecule has 4 rings (SSSR count). The molecule has 1 amide bonds. The fraction of sp³-hybridized carbons (Fsp3) is 0.150. The molecule has 0 atom stereocenters. The van der Waals surface area contributed by atoms with E-state index in [9.17, 15) is 9.59 Å². The molecule has 0 radical (unpaired) electrons. The average Bonchev–Trinajstić information content (AvgIpc) is 3.25. The first-order chi connectivity index (χ1) is 13.1. The molecule has 0 fully saturated rings. The van der Waals surface area contributed by atoms with E-state index < -0.39 is 0 Å². The third kappa shape index (κ3) is 3.13. The Kier molecular flexibility index (Phi) is 4.72. The normalized spacial score (nSPS) is 11.8. The summed E-state index contributed by atoms with van der Waals surface area (Å²) in [6, 6.07) is 15.3. The molecule has 27 heavy (non-hydrogen) atoms. The molecule has 0 spiro atoms. The monoisotopic (exact) mass is 399 g/mol. The summed E-state index contributed by atoms with van der Waals surface area (Å²) in [5.41, 5.74) is 6.25. The van der Waals surface area contributed by atoms with Gasteiger partial charge in [0.05, 0.1) is 11.4 Å². The van der Waals surface area contributed by atoms with Crippen LogP contribution in [0.25, 0.3) is 22.5 Å². The Balaban J connectivity index is 1.78. The molecule has 0 aliphatic heterocycles. The highest BCUT2D eigenvalue weighted by Gasteiger charge is 2.29. The van der Waals surface area contributed by atoms with Gasteiger partial charge in [0.1, 0.15) is 11.8 Å². The largest absolute Gasteiger partial charge is 0.325 e. The van der Waals surface area contributed by atoms with E-state index in [4.69, 9.17) is 23.2 Å². The molecule has 2 aromatic carbocycles. The summed E-state index contributed by atoms with van der Waals surface area (Å²) in [5.74, 6) is -0.767. The van der Waals surface area contributed by atoms with Crippen LogP contribution < -0.4 is 5.32 Å². The van der Waals surface area contributed by atoms with Crippen LogP contribution >= 0.6 is 23.2 Å². The van der Waals surface area contributed by atoms with E-state index >= 15 is 0 Å². The number of nitrogens with zero attached hydrogens (tertiary/aromatic N) is 2. The Hall–Kier alpha value is -2.63. The zero-order chi connectivity index (χ0) is 19.0. The number of halogens is 2. The standard InChI is InChI=1S/C20H15Cl2N3O2/c21-10-17(26)23-14-7-5-12(6-8-14)19-16-9-13-3-1-2-4-15(13)20(16)25(24-19)18(27)11-22/h1-8H,9-11H2,(H,23,26). The summed E-state index contributed by atoms with van der Waals surface area (Å²) in [6.07, 6.45) is 0.709. The summed E-state index contributed by atoms with van der Waals surface area (Å²) in [5, 5.41) is 7.25. The Morgan fingerprint density at radius 2 is 1.78 bits per heavy atom. The van der Waals surface area contributed by atoms with Crippen molar-refractivity contribution in [2.75, 3.05) is 17.1 Å². The molecular weight excluding hydrogens is 385 g/mol. The number of anilines is 1. The van der Waals surface area contributed by atoms with E-state index in [1.807, 2.05) is 30.3 Å². The van der Waals surface area contributed by atoms with Gasteiger partial charge < -0.3 is 5.32 Å². The van der Waals surface area contributed by atoms with Crippen LogP contribution in [0.3, 0.4) is 0 Å². The van der Waals surface area contributed by atoms with Crippen LogP contribution in [0.2, 0.25) is 0 Å². The number of carbonyl (C=O) groups is 2. The van der Waals surface area contributed by atoms with E-state index in [0.717, 1.165) is 33.6 Å². The molecule has 136 valence electrons. The van der Waals surface area contributed by atoms with E-state index in [-0.39, 0.29) is 23.6 Å². The maximum absolute atomic E-state index is 12.3. The first kappa shape index (κ1) is 17.8. The number of aromatic nitrogens is 2. The maximum atomic E-state index is 12.3. The maximum Gasteiger partial charge on any atom is 0.262 e. The van der Waals surface area contributed by atoms with Crippen molar-refractivity contribution < 1.29 is 9.59 Å². The zero-order valence-electron chi connectivity index (χ0n) is 14.2. The van der Waals surface area contributed by atoms with Gasteiger partial charge in [-0.1, -0.05) is 36.4 Å². The lowest BCUT2D eigenvalue weighted by molar-refractivity contribution is -0.113. The molecule has 1 N–H and O–H groups in total. The van der Waals surface area contributed by atoms with Gasteiger partial charge in [-0.05, 0) is 17.7 Å². The second-order valence-electron chi connectivity index (χ2n) is 6.21. The molecule has 3 aromatic rings. The Bertz CT molecular complexity index is 1040. The first-order valence-corrected chi connectivity index (χ1v) is 9.45. The van der Waals surface area contributed by atoms with Crippen molar-refractivity contribution in [3.05, 3.63) is 59.7 Å². The highest BCUT2D eigenvalue weighted by Crippen LogP contribution is 2.41. The molecule has 0 saturated carbocycles. The van der Waals surface area contributed by atoms with Gasteiger partial charge in [-0.3, -0.25) is 9.59 Å². The van der Waals surface area contributed by atoms with Crippen LogP contribution in [-0.4, -0.2) is 33.4 Å². The average molecular weight is 400 g/mol. The molecular formula is C20H15Cl2N3O2. The molecule has 1 aliphatic carbocycles. The number of carbonyl (C=O) groups excluding carboxylic acids is 2. The Morgan fingerprint density at radius 1 is 1.04 bits per heavy atom. The topological polar surface area (TPSA) is 64.0 Å². The van der Waals surface area contributed by atoms with Gasteiger partial charge in [0.15, 0.2) is 0 Å². The van der Waals surface area contributed by atoms with Gasteiger partial charge in [-0.25, -0.2) is 0 Å². The highest BCUT2D eigenvalue weighted by molar-refractivity contribution is 6.29. The SMILES string of the molecule is O=C(CCl)Nc1ccc(-c2nn(C(=O)CCl)c3c2Cc2ccccc2-3)cc1. The number of nitrogens with one attached hydrogen (secondary N) is 1.